The smallest absolute Gasteiger partial charge is 0.0615 e. The van der Waals surface area contributed by atoms with Gasteiger partial charge in [-0.3, -0.25) is 4.98 Å². The predicted octanol–water partition coefficient (Wildman–Crippen LogP) is 1.40. The molecule has 0 amide bonds. The van der Waals surface area contributed by atoms with Crippen LogP contribution >= 0.6 is 0 Å². The molecule has 0 radical (unpaired) electrons. The molecule has 2 heteroatoms. The zero-order chi connectivity index (χ0) is 8.10. The molecule has 1 aromatic rings. The van der Waals surface area contributed by atoms with Gasteiger partial charge in [0.2, 0.25) is 0 Å². The standard InChI is InChI=1S/C9H11NO/c1-8-4-5-9(7-10-8)3-2-6-11/h2-5,7,11H,6H2,1H3. The van der Waals surface area contributed by atoms with Gasteiger partial charge in [-0.25, -0.2) is 0 Å². The normalized spacial score (nSPS) is 10.7. The second kappa shape index (κ2) is 3.88. The van der Waals surface area contributed by atoms with Crippen molar-refractivity contribution in [2.45, 2.75) is 6.92 Å². The van der Waals surface area contributed by atoms with Crippen LogP contribution in [0.4, 0.5) is 0 Å². The highest BCUT2D eigenvalue weighted by atomic mass is 16.2. The number of nitrogens with zero attached hydrogens (tertiary/aromatic N) is 1. The van der Waals surface area contributed by atoms with Crippen molar-refractivity contribution in [3.63, 3.8) is 0 Å². The minimum atomic E-state index is 0.0773. The fourth-order valence-electron chi connectivity index (χ4n) is 0.767. The van der Waals surface area contributed by atoms with Gasteiger partial charge < -0.3 is 5.11 Å². The monoisotopic (exact) mass is 149 g/mol. The third kappa shape index (κ3) is 2.51. The van der Waals surface area contributed by atoms with E-state index in [1.807, 2.05) is 25.1 Å². The molecule has 1 heterocycles. The van der Waals surface area contributed by atoms with Crippen LogP contribution < -0.4 is 0 Å². The van der Waals surface area contributed by atoms with Crippen LogP contribution in [0.1, 0.15) is 11.3 Å². The van der Waals surface area contributed by atoms with Crippen LogP contribution in [0.2, 0.25) is 0 Å². The number of aryl methyl sites for hydroxylation is 1. The Labute approximate surface area is 66.2 Å². The molecule has 0 atom stereocenters. The molecule has 2 nitrogen and oxygen atoms in total. The molecular formula is C9H11NO. The number of aliphatic hydroxyl groups is 1. The first-order chi connectivity index (χ1) is 5.33. The highest BCUT2D eigenvalue weighted by molar-refractivity contribution is 5.47. The third-order valence-corrected chi connectivity index (χ3v) is 1.35. The van der Waals surface area contributed by atoms with E-state index in [1.54, 1.807) is 12.3 Å². The lowest BCUT2D eigenvalue weighted by molar-refractivity contribution is 0.343. The molecular weight excluding hydrogens is 138 g/mol. The Kier molecular flexibility index (Phi) is 2.81. The van der Waals surface area contributed by atoms with Gasteiger partial charge in [0.15, 0.2) is 0 Å². The van der Waals surface area contributed by atoms with Crippen molar-refractivity contribution in [2.24, 2.45) is 0 Å². The van der Waals surface area contributed by atoms with Gasteiger partial charge in [-0.05, 0) is 18.6 Å². The van der Waals surface area contributed by atoms with E-state index in [2.05, 4.69) is 4.98 Å². The summed E-state index contributed by atoms with van der Waals surface area (Å²) in [5.41, 5.74) is 2.02. The first-order valence-electron chi connectivity index (χ1n) is 3.53. The van der Waals surface area contributed by atoms with Crippen LogP contribution in [0.15, 0.2) is 24.4 Å². The SMILES string of the molecule is Cc1ccc(C=CCO)cn1. The number of aliphatic hydroxyl groups excluding tert-OH is 1. The maximum atomic E-state index is 8.47. The molecule has 0 fully saturated rings. The van der Waals surface area contributed by atoms with Crippen molar-refractivity contribution in [3.05, 3.63) is 35.7 Å². The summed E-state index contributed by atoms with van der Waals surface area (Å²) in [7, 11) is 0. The Morgan fingerprint density at radius 3 is 2.91 bits per heavy atom. The Hall–Kier alpha value is -1.15. The molecule has 1 aromatic heterocycles. The van der Waals surface area contributed by atoms with Crippen molar-refractivity contribution in [1.82, 2.24) is 4.98 Å². The molecule has 0 aliphatic heterocycles. The molecule has 0 unspecified atom stereocenters. The van der Waals surface area contributed by atoms with E-state index in [0.29, 0.717) is 0 Å². The molecule has 1 rings (SSSR count). The Morgan fingerprint density at radius 2 is 2.36 bits per heavy atom. The average Bonchev–Trinajstić information content (AvgIpc) is 2.04. The van der Waals surface area contributed by atoms with Crippen molar-refractivity contribution >= 4 is 6.08 Å². The summed E-state index contributed by atoms with van der Waals surface area (Å²) in [5.74, 6) is 0. The first-order valence-corrected chi connectivity index (χ1v) is 3.53. The van der Waals surface area contributed by atoms with Crippen LogP contribution in [0.5, 0.6) is 0 Å². The van der Waals surface area contributed by atoms with Gasteiger partial charge in [0.05, 0.1) is 6.61 Å². The van der Waals surface area contributed by atoms with Crippen molar-refractivity contribution in [2.75, 3.05) is 6.61 Å². The van der Waals surface area contributed by atoms with Crippen molar-refractivity contribution in [1.29, 1.82) is 0 Å². The lowest BCUT2D eigenvalue weighted by atomic mass is 10.2. The van der Waals surface area contributed by atoms with Crippen LogP contribution in [-0.4, -0.2) is 16.7 Å². The van der Waals surface area contributed by atoms with Crippen LogP contribution in [0.25, 0.3) is 6.08 Å². The zero-order valence-corrected chi connectivity index (χ0v) is 6.49. The maximum absolute atomic E-state index is 8.47. The van der Waals surface area contributed by atoms with Gasteiger partial charge >= 0.3 is 0 Å². The number of aromatic nitrogens is 1. The van der Waals surface area contributed by atoms with Gasteiger partial charge in [-0.1, -0.05) is 18.2 Å². The first kappa shape index (κ1) is 7.95. The van der Waals surface area contributed by atoms with Crippen molar-refractivity contribution in [3.8, 4) is 0 Å². The number of rotatable bonds is 2. The summed E-state index contributed by atoms with van der Waals surface area (Å²) in [6.07, 6.45) is 5.31. The molecule has 0 bridgehead atoms. The lowest BCUT2D eigenvalue weighted by Crippen LogP contribution is -1.80. The summed E-state index contributed by atoms with van der Waals surface area (Å²) >= 11 is 0. The van der Waals surface area contributed by atoms with Crippen LogP contribution in [0, 0.1) is 6.92 Å². The molecule has 0 saturated heterocycles. The number of hydrogen-bond acceptors (Lipinski definition) is 2. The highest BCUT2D eigenvalue weighted by Crippen LogP contribution is 2.00. The molecule has 58 valence electrons. The number of pyridine rings is 1. The summed E-state index contributed by atoms with van der Waals surface area (Å²) in [6.45, 7) is 2.02. The Morgan fingerprint density at radius 1 is 1.55 bits per heavy atom. The summed E-state index contributed by atoms with van der Waals surface area (Å²) in [6, 6.07) is 3.91. The molecule has 0 saturated carbocycles. The Bertz CT molecular complexity index is 238. The van der Waals surface area contributed by atoms with E-state index in [4.69, 9.17) is 5.11 Å². The molecule has 11 heavy (non-hydrogen) atoms. The van der Waals surface area contributed by atoms with Gasteiger partial charge in [0, 0.05) is 11.9 Å². The van der Waals surface area contributed by atoms with Gasteiger partial charge in [-0.2, -0.15) is 0 Å². The topological polar surface area (TPSA) is 33.1 Å². The van der Waals surface area contributed by atoms with Crippen LogP contribution in [0.3, 0.4) is 0 Å². The lowest BCUT2D eigenvalue weighted by Gasteiger charge is -1.92. The summed E-state index contributed by atoms with van der Waals surface area (Å²) in [4.78, 5) is 4.10. The summed E-state index contributed by atoms with van der Waals surface area (Å²) in [5, 5.41) is 8.47. The fourth-order valence-corrected chi connectivity index (χ4v) is 0.767. The molecule has 0 spiro atoms. The molecule has 0 aliphatic carbocycles. The van der Waals surface area contributed by atoms with E-state index >= 15 is 0 Å². The predicted molar refractivity (Wildman–Crippen MR) is 45.1 cm³/mol. The van der Waals surface area contributed by atoms with E-state index in [0.717, 1.165) is 11.3 Å². The zero-order valence-electron chi connectivity index (χ0n) is 6.49. The van der Waals surface area contributed by atoms with Crippen molar-refractivity contribution < 1.29 is 5.11 Å². The van der Waals surface area contributed by atoms with E-state index < -0.39 is 0 Å². The molecule has 0 aromatic carbocycles. The molecule has 0 aliphatic rings. The molecule has 1 N–H and O–H groups in total. The maximum Gasteiger partial charge on any atom is 0.0615 e. The quantitative estimate of drug-likeness (QED) is 0.689. The van der Waals surface area contributed by atoms with Gasteiger partial charge in [0.25, 0.3) is 0 Å². The third-order valence-electron chi connectivity index (χ3n) is 1.35. The second-order valence-corrected chi connectivity index (χ2v) is 2.32. The summed E-state index contributed by atoms with van der Waals surface area (Å²) < 4.78 is 0. The van der Waals surface area contributed by atoms with E-state index in [1.165, 1.54) is 0 Å². The van der Waals surface area contributed by atoms with Gasteiger partial charge in [-0.15, -0.1) is 0 Å². The Balaban J connectivity index is 2.73. The minimum Gasteiger partial charge on any atom is -0.392 e. The largest absolute Gasteiger partial charge is 0.392 e. The van der Waals surface area contributed by atoms with E-state index in [-0.39, 0.29) is 6.61 Å². The van der Waals surface area contributed by atoms with Crippen LogP contribution in [-0.2, 0) is 0 Å². The minimum absolute atomic E-state index is 0.0773. The number of hydrogen-bond donors (Lipinski definition) is 1. The van der Waals surface area contributed by atoms with E-state index in [9.17, 15) is 0 Å². The average molecular weight is 149 g/mol. The second-order valence-electron chi connectivity index (χ2n) is 2.32. The highest BCUT2D eigenvalue weighted by Gasteiger charge is 1.85. The van der Waals surface area contributed by atoms with Gasteiger partial charge in [0.1, 0.15) is 0 Å². The fraction of sp³-hybridized carbons (Fsp3) is 0.222.